The van der Waals surface area contributed by atoms with Gasteiger partial charge < -0.3 is 14.2 Å². The van der Waals surface area contributed by atoms with Gasteiger partial charge in [0.05, 0.1) is 32.3 Å². The maximum atomic E-state index is 12.0. The molecule has 0 bridgehead atoms. The van der Waals surface area contributed by atoms with Crippen molar-refractivity contribution in [1.82, 2.24) is 0 Å². The Morgan fingerprint density at radius 3 is 2.59 bits per heavy atom. The minimum Gasteiger partial charge on any atom is -0.497 e. The number of nitriles is 1. The summed E-state index contributed by atoms with van der Waals surface area (Å²) in [4.78, 5) is 12.0. The molecule has 0 fully saturated rings. The summed E-state index contributed by atoms with van der Waals surface area (Å²) in [6.45, 7) is 0. The van der Waals surface area contributed by atoms with Crippen molar-refractivity contribution in [3.63, 3.8) is 0 Å². The summed E-state index contributed by atoms with van der Waals surface area (Å²) in [6.07, 6.45) is 0.111. The van der Waals surface area contributed by atoms with Crippen LogP contribution in [0.3, 0.4) is 0 Å². The Balaban J connectivity index is 2.10. The van der Waals surface area contributed by atoms with Gasteiger partial charge in [-0.25, -0.2) is 0 Å². The van der Waals surface area contributed by atoms with Gasteiger partial charge in [-0.3, -0.25) is 4.79 Å². The smallest absolute Gasteiger partial charge is 0.315 e. The van der Waals surface area contributed by atoms with E-state index in [9.17, 15) is 4.79 Å². The normalized spacial score (nSPS) is 9.68. The van der Waals surface area contributed by atoms with Gasteiger partial charge in [0, 0.05) is 6.07 Å². The van der Waals surface area contributed by atoms with Crippen molar-refractivity contribution < 1.29 is 19.0 Å². The van der Waals surface area contributed by atoms with Crippen LogP contribution in [0, 0.1) is 11.3 Å². The second-order valence-electron chi connectivity index (χ2n) is 4.48. The van der Waals surface area contributed by atoms with E-state index in [1.54, 1.807) is 31.4 Å². The van der Waals surface area contributed by atoms with Gasteiger partial charge in [0.25, 0.3) is 0 Å². The van der Waals surface area contributed by atoms with Crippen LogP contribution in [0.1, 0.15) is 11.1 Å². The predicted octanol–water partition coefficient (Wildman–Crippen LogP) is 2.72. The molecule has 0 spiro atoms. The monoisotopic (exact) mass is 297 g/mol. The highest BCUT2D eigenvalue weighted by Crippen LogP contribution is 2.28. The van der Waals surface area contributed by atoms with E-state index >= 15 is 0 Å². The molecule has 0 aliphatic rings. The third-order valence-electron chi connectivity index (χ3n) is 3.00. The molecule has 112 valence electrons. The van der Waals surface area contributed by atoms with Crippen LogP contribution in [-0.4, -0.2) is 20.2 Å². The fourth-order valence-electron chi connectivity index (χ4n) is 1.93. The molecule has 0 N–H and O–H groups in total. The maximum absolute atomic E-state index is 12.0. The van der Waals surface area contributed by atoms with E-state index in [1.165, 1.54) is 13.2 Å². The molecular weight excluding hydrogens is 282 g/mol. The third kappa shape index (κ3) is 3.76. The first-order valence-electron chi connectivity index (χ1n) is 6.58. The van der Waals surface area contributed by atoms with Gasteiger partial charge in [0.15, 0.2) is 11.5 Å². The fourth-order valence-corrected chi connectivity index (χ4v) is 1.93. The standard InChI is InChI=1S/C17H15NO4/c1-20-14-5-3-4-12(8-14)10-17(19)22-15-7-6-13(11-18)9-16(15)21-2/h3-9H,10H2,1-2H3. The average Bonchev–Trinajstić information content (AvgIpc) is 2.55. The van der Waals surface area contributed by atoms with E-state index < -0.39 is 5.97 Å². The average molecular weight is 297 g/mol. The molecule has 0 aliphatic carbocycles. The summed E-state index contributed by atoms with van der Waals surface area (Å²) in [6, 6.07) is 13.8. The topological polar surface area (TPSA) is 68.5 Å². The number of rotatable bonds is 5. The summed E-state index contributed by atoms with van der Waals surface area (Å²) in [5.74, 6) is 0.893. The lowest BCUT2D eigenvalue weighted by Crippen LogP contribution is -2.12. The highest BCUT2D eigenvalue weighted by molar-refractivity contribution is 5.76. The van der Waals surface area contributed by atoms with Crippen LogP contribution in [0.5, 0.6) is 17.2 Å². The van der Waals surface area contributed by atoms with Crippen molar-refractivity contribution in [2.45, 2.75) is 6.42 Å². The SMILES string of the molecule is COc1cccc(CC(=O)Oc2ccc(C#N)cc2OC)c1. The number of benzene rings is 2. The minimum absolute atomic E-state index is 0.111. The van der Waals surface area contributed by atoms with E-state index in [4.69, 9.17) is 19.5 Å². The lowest BCUT2D eigenvalue weighted by molar-refractivity contribution is -0.133. The fraction of sp³-hybridized carbons (Fsp3) is 0.176. The van der Waals surface area contributed by atoms with Crippen LogP contribution in [-0.2, 0) is 11.2 Å². The van der Waals surface area contributed by atoms with Crippen LogP contribution >= 0.6 is 0 Å². The third-order valence-corrected chi connectivity index (χ3v) is 3.00. The first kappa shape index (κ1) is 15.4. The number of nitrogens with zero attached hydrogens (tertiary/aromatic N) is 1. The van der Waals surface area contributed by atoms with E-state index in [0.717, 1.165) is 5.56 Å². The number of hydrogen-bond donors (Lipinski definition) is 0. The Kier molecular flexibility index (Phi) is 4.99. The molecule has 0 amide bonds. The Morgan fingerprint density at radius 1 is 1.09 bits per heavy atom. The van der Waals surface area contributed by atoms with Crippen molar-refractivity contribution >= 4 is 5.97 Å². The second-order valence-corrected chi connectivity index (χ2v) is 4.48. The van der Waals surface area contributed by atoms with Crippen molar-refractivity contribution in [3.05, 3.63) is 53.6 Å². The number of esters is 1. The molecule has 0 unspecified atom stereocenters. The highest BCUT2D eigenvalue weighted by Gasteiger charge is 2.12. The molecule has 0 aliphatic heterocycles. The molecule has 0 heterocycles. The van der Waals surface area contributed by atoms with Gasteiger partial charge in [0.1, 0.15) is 5.75 Å². The van der Waals surface area contributed by atoms with Gasteiger partial charge in [-0.1, -0.05) is 12.1 Å². The second kappa shape index (κ2) is 7.14. The van der Waals surface area contributed by atoms with E-state index in [0.29, 0.717) is 17.1 Å². The molecule has 2 aromatic carbocycles. The molecule has 5 heteroatoms. The Hall–Kier alpha value is -3.00. The molecule has 0 radical (unpaired) electrons. The summed E-state index contributed by atoms with van der Waals surface area (Å²) in [5.41, 5.74) is 1.22. The first-order chi connectivity index (χ1) is 10.7. The molecule has 0 aromatic heterocycles. The maximum Gasteiger partial charge on any atom is 0.315 e. The zero-order valence-corrected chi connectivity index (χ0v) is 12.3. The zero-order valence-electron chi connectivity index (χ0n) is 12.3. The number of methoxy groups -OCH3 is 2. The van der Waals surface area contributed by atoms with Gasteiger partial charge in [-0.15, -0.1) is 0 Å². The lowest BCUT2D eigenvalue weighted by atomic mass is 10.1. The summed E-state index contributed by atoms with van der Waals surface area (Å²) in [7, 11) is 3.02. The van der Waals surface area contributed by atoms with E-state index in [1.807, 2.05) is 18.2 Å². The van der Waals surface area contributed by atoms with Crippen molar-refractivity contribution in [2.75, 3.05) is 14.2 Å². The van der Waals surface area contributed by atoms with Crippen LogP contribution in [0.15, 0.2) is 42.5 Å². The van der Waals surface area contributed by atoms with Crippen molar-refractivity contribution in [3.8, 4) is 23.3 Å². The van der Waals surface area contributed by atoms with Crippen LogP contribution < -0.4 is 14.2 Å². The summed E-state index contributed by atoms with van der Waals surface area (Å²) < 4.78 is 15.5. The largest absolute Gasteiger partial charge is 0.497 e. The van der Waals surface area contributed by atoms with Crippen LogP contribution in [0.2, 0.25) is 0 Å². The van der Waals surface area contributed by atoms with Crippen molar-refractivity contribution in [2.24, 2.45) is 0 Å². The Morgan fingerprint density at radius 2 is 1.91 bits per heavy atom. The first-order valence-corrected chi connectivity index (χ1v) is 6.58. The zero-order chi connectivity index (χ0) is 15.9. The predicted molar refractivity (Wildman–Crippen MR) is 80.0 cm³/mol. The van der Waals surface area contributed by atoms with Gasteiger partial charge in [0.2, 0.25) is 0 Å². The van der Waals surface area contributed by atoms with Gasteiger partial charge >= 0.3 is 5.97 Å². The van der Waals surface area contributed by atoms with Crippen molar-refractivity contribution in [1.29, 1.82) is 5.26 Å². The molecule has 22 heavy (non-hydrogen) atoms. The molecule has 5 nitrogen and oxygen atoms in total. The van der Waals surface area contributed by atoms with Crippen LogP contribution in [0.4, 0.5) is 0 Å². The summed E-state index contributed by atoms with van der Waals surface area (Å²) >= 11 is 0. The Labute approximate surface area is 128 Å². The number of hydrogen-bond acceptors (Lipinski definition) is 5. The van der Waals surface area contributed by atoms with E-state index in [-0.39, 0.29) is 12.2 Å². The highest BCUT2D eigenvalue weighted by atomic mass is 16.6. The number of carbonyl (C=O) groups is 1. The van der Waals surface area contributed by atoms with Crippen LogP contribution in [0.25, 0.3) is 0 Å². The Bertz CT molecular complexity index is 719. The van der Waals surface area contributed by atoms with Gasteiger partial charge in [-0.2, -0.15) is 5.26 Å². The molecule has 0 saturated carbocycles. The molecule has 2 rings (SSSR count). The number of carbonyl (C=O) groups excluding carboxylic acids is 1. The molecular formula is C17H15NO4. The summed E-state index contributed by atoms with van der Waals surface area (Å²) in [5, 5.41) is 8.85. The molecule has 2 aromatic rings. The lowest BCUT2D eigenvalue weighted by Gasteiger charge is -2.09. The number of ether oxygens (including phenoxy) is 3. The molecule has 0 saturated heterocycles. The van der Waals surface area contributed by atoms with E-state index in [2.05, 4.69) is 0 Å². The molecule has 0 atom stereocenters. The van der Waals surface area contributed by atoms with Gasteiger partial charge in [-0.05, 0) is 29.8 Å². The minimum atomic E-state index is -0.420. The quantitative estimate of drug-likeness (QED) is 0.627.